The number of aromatic amines is 1. The molecule has 2 N–H and O–H groups in total. The number of hydrogen-bond acceptors (Lipinski definition) is 2. The van der Waals surface area contributed by atoms with Crippen LogP contribution in [0.1, 0.15) is 36.2 Å². The van der Waals surface area contributed by atoms with E-state index >= 15 is 0 Å². The van der Waals surface area contributed by atoms with Gasteiger partial charge in [0.15, 0.2) is 0 Å². The van der Waals surface area contributed by atoms with E-state index in [4.69, 9.17) is 4.98 Å². The van der Waals surface area contributed by atoms with E-state index in [0.717, 1.165) is 23.4 Å². The molecule has 3 aromatic rings. The SMILES string of the molecule is CC(c1ccc2c(c1)CCCN2)c1nc2ccccc2[nH]1. The number of aryl methyl sites for hydroxylation is 1. The first-order valence-electron chi connectivity index (χ1n) is 7.62. The summed E-state index contributed by atoms with van der Waals surface area (Å²) in [4.78, 5) is 8.18. The molecule has 3 nitrogen and oxygen atoms in total. The van der Waals surface area contributed by atoms with Crippen molar-refractivity contribution in [1.29, 1.82) is 0 Å². The lowest BCUT2D eigenvalue weighted by Gasteiger charge is -2.20. The summed E-state index contributed by atoms with van der Waals surface area (Å²) in [5.74, 6) is 1.32. The molecule has 0 bridgehead atoms. The maximum atomic E-state index is 4.73. The molecule has 2 aromatic carbocycles. The van der Waals surface area contributed by atoms with Crippen LogP contribution in [0.15, 0.2) is 42.5 Å². The highest BCUT2D eigenvalue weighted by Crippen LogP contribution is 2.29. The zero-order valence-corrected chi connectivity index (χ0v) is 12.2. The number of fused-ring (bicyclic) bond motifs is 2. The van der Waals surface area contributed by atoms with Crippen LogP contribution in [0, 0.1) is 0 Å². The van der Waals surface area contributed by atoms with Crippen LogP contribution >= 0.6 is 0 Å². The van der Waals surface area contributed by atoms with Gasteiger partial charge < -0.3 is 10.3 Å². The van der Waals surface area contributed by atoms with Gasteiger partial charge >= 0.3 is 0 Å². The van der Waals surface area contributed by atoms with Crippen LogP contribution in [0.3, 0.4) is 0 Å². The second kappa shape index (κ2) is 4.92. The number of hydrogen-bond donors (Lipinski definition) is 2. The average molecular weight is 277 g/mol. The number of aromatic nitrogens is 2. The molecule has 106 valence electrons. The topological polar surface area (TPSA) is 40.7 Å². The largest absolute Gasteiger partial charge is 0.385 e. The number of imidazole rings is 1. The zero-order chi connectivity index (χ0) is 14.2. The minimum atomic E-state index is 0.282. The molecule has 0 saturated heterocycles. The molecule has 1 aliphatic heterocycles. The molecule has 0 amide bonds. The number of anilines is 1. The van der Waals surface area contributed by atoms with E-state index < -0.39 is 0 Å². The van der Waals surface area contributed by atoms with Crippen molar-refractivity contribution in [3.63, 3.8) is 0 Å². The highest BCUT2D eigenvalue weighted by molar-refractivity contribution is 5.75. The molecule has 1 aliphatic rings. The van der Waals surface area contributed by atoms with Gasteiger partial charge in [-0.1, -0.05) is 31.2 Å². The standard InChI is InChI=1S/C18H19N3/c1-12(18-20-16-6-2-3-7-17(16)21-18)13-8-9-15-14(11-13)5-4-10-19-15/h2-3,6-9,11-12,19H,4-5,10H2,1H3,(H,20,21). The molecule has 1 unspecified atom stereocenters. The normalized spacial score (nSPS) is 15.5. The molecular formula is C18H19N3. The third-order valence-corrected chi connectivity index (χ3v) is 4.39. The Morgan fingerprint density at radius 2 is 2.05 bits per heavy atom. The van der Waals surface area contributed by atoms with Crippen molar-refractivity contribution in [1.82, 2.24) is 9.97 Å². The smallest absolute Gasteiger partial charge is 0.114 e. The Kier molecular flexibility index (Phi) is 2.92. The van der Waals surface area contributed by atoms with Crippen LogP contribution < -0.4 is 5.32 Å². The highest BCUT2D eigenvalue weighted by Gasteiger charge is 2.16. The van der Waals surface area contributed by atoms with Gasteiger partial charge in [0.25, 0.3) is 0 Å². The Morgan fingerprint density at radius 3 is 2.95 bits per heavy atom. The Morgan fingerprint density at radius 1 is 1.14 bits per heavy atom. The molecule has 0 spiro atoms. The van der Waals surface area contributed by atoms with Crippen molar-refractivity contribution in [3.05, 3.63) is 59.4 Å². The van der Waals surface area contributed by atoms with Gasteiger partial charge in [0.2, 0.25) is 0 Å². The summed E-state index contributed by atoms with van der Waals surface area (Å²) >= 11 is 0. The molecule has 0 saturated carbocycles. The maximum Gasteiger partial charge on any atom is 0.114 e. The average Bonchev–Trinajstić information content (AvgIpc) is 2.97. The van der Waals surface area contributed by atoms with E-state index in [9.17, 15) is 0 Å². The summed E-state index contributed by atoms with van der Waals surface area (Å²) in [6.45, 7) is 3.31. The fourth-order valence-electron chi connectivity index (χ4n) is 3.10. The van der Waals surface area contributed by atoms with Crippen molar-refractivity contribution in [2.24, 2.45) is 0 Å². The molecule has 21 heavy (non-hydrogen) atoms. The molecule has 1 atom stereocenters. The van der Waals surface area contributed by atoms with Gasteiger partial charge in [0.1, 0.15) is 5.82 Å². The monoisotopic (exact) mass is 277 g/mol. The Labute approximate surface area is 124 Å². The minimum Gasteiger partial charge on any atom is -0.385 e. The predicted molar refractivity (Wildman–Crippen MR) is 86.9 cm³/mol. The lowest BCUT2D eigenvalue weighted by atomic mass is 9.94. The van der Waals surface area contributed by atoms with Gasteiger partial charge in [-0.05, 0) is 42.2 Å². The number of H-pyrrole nitrogens is 1. The summed E-state index contributed by atoms with van der Waals surface area (Å²) in [6, 6.07) is 15.0. The number of nitrogens with one attached hydrogen (secondary N) is 2. The first-order chi connectivity index (χ1) is 10.3. The van der Waals surface area contributed by atoms with E-state index in [-0.39, 0.29) is 5.92 Å². The predicted octanol–water partition coefficient (Wildman–Crippen LogP) is 4.07. The molecular weight excluding hydrogens is 258 g/mol. The molecule has 2 heterocycles. The van der Waals surface area contributed by atoms with Crippen molar-refractivity contribution >= 4 is 16.7 Å². The fraction of sp³-hybridized carbons (Fsp3) is 0.278. The van der Waals surface area contributed by atoms with Gasteiger partial charge in [0, 0.05) is 18.2 Å². The van der Waals surface area contributed by atoms with E-state index in [1.807, 2.05) is 12.1 Å². The molecule has 4 rings (SSSR count). The molecule has 0 fully saturated rings. The third kappa shape index (κ3) is 2.19. The molecule has 0 aliphatic carbocycles. The Hall–Kier alpha value is -2.29. The van der Waals surface area contributed by atoms with Gasteiger partial charge in [-0.3, -0.25) is 0 Å². The third-order valence-electron chi connectivity index (χ3n) is 4.39. The summed E-state index contributed by atoms with van der Waals surface area (Å²) < 4.78 is 0. The molecule has 0 radical (unpaired) electrons. The summed E-state index contributed by atoms with van der Waals surface area (Å²) in [7, 11) is 0. The lowest BCUT2D eigenvalue weighted by molar-refractivity contribution is 0.811. The Bertz CT molecular complexity index is 755. The number of benzene rings is 2. The van der Waals surface area contributed by atoms with E-state index in [0.29, 0.717) is 0 Å². The van der Waals surface area contributed by atoms with Crippen LogP contribution in [0.25, 0.3) is 11.0 Å². The van der Waals surface area contributed by atoms with Gasteiger partial charge in [-0.25, -0.2) is 4.98 Å². The van der Waals surface area contributed by atoms with Crippen molar-refractivity contribution in [2.75, 3.05) is 11.9 Å². The quantitative estimate of drug-likeness (QED) is 0.741. The fourth-order valence-corrected chi connectivity index (χ4v) is 3.10. The van der Waals surface area contributed by atoms with Crippen molar-refractivity contribution in [2.45, 2.75) is 25.7 Å². The first kappa shape index (κ1) is 12.5. The number of para-hydroxylation sites is 2. The first-order valence-corrected chi connectivity index (χ1v) is 7.62. The maximum absolute atomic E-state index is 4.73. The Balaban J connectivity index is 1.71. The lowest BCUT2D eigenvalue weighted by Crippen LogP contribution is -2.12. The highest BCUT2D eigenvalue weighted by atomic mass is 14.9. The van der Waals surface area contributed by atoms with Gasteiger partial charge in [0.05, 0.1) is 11.0 Å². The zero-order valence-electron chi connectivity index (χ0n) is 12.2. The van der Waals surface area contributed by atoms with Crippen LogP contribution in [-0.2, 0) is 6.42 Å². The second-order valence-corrected chi connectivity index (χ2v) is 5.81. The van der Waals surface area contributed by atoms with Crippen molar-refractivity contribution < 1.29 is 0 Å². The van der Waals surface area contributed by atoms with Crippen LogP contribution in [-0.4, -0.2) is 16.5 Å². The number of nitrogens with zero attached hydrogens (tertiary/aromatic N) is 1. The van der Waals surface area contributed by atoms with Crippen molar-refractivity contribution in [3.8, 4) is 0 Å². The number of rotatable bonds is 2. The summed E-state index contributed by atoms with van der Waals surface area (Å²) in [6.07, 6.45) is 2.39. The summed E-state index contributed by atoms with van der Waals surface area (Å²) in [5.41, 5.74) is 6.21. The van der Waals surface area contributed by atoms with Crippen LogP contribution in [0.4, 0.5) is 5.69 Å². The van der Waals surface area contributed by atoms with Crippen LogP contribution in [0.2, 0.25) is 0 Å². The summed E-state index contributed by atoms with van der Waals surface area (Å²) in [5, 5.41) is 3.47. The minimum absolute atomic E-state index is 0.282. The van der Waals surface area contributed by atoms with Crippen LogP contribution in [0.5, 0.6) is 0 Å². The molecule has 3 heteroatoms. The van der Waals surface area contributed by atoms with Gasteiger partial charge in [-0.15, -0.1) is 0 Å². The van der Waals surface area contributed by atoms with E-state index in [2.05, 4.69) is 47.6 Å². The second-order valence-electron chi connectivity index (χ2n) is 5.81. The van der Waals surface area contributed by atoms with E-state index in [1.165, 1.54) is 29.7 Å². The molecule has 1 aromatic heterocycles. The van der Waals surface area contributed by atoms with Gasteiger partial charge in [-0.2, -0.15) is 0 Å². The van der Waals surface area contributed by atoms with E-state index in [1.54, 1.807) is 0 Å².